The second-order valence-electron chi connectivity index (χ2n) is 4.94. The Morgan fingerprint density at radius 1 is 1.15 bits per heavy atom. The molecule has 1 unspecified atom stereocenters. The molecule has 1 aromatic carbocycles. The molecule has 3 nitrogen and oxygen atoms in total. The Kier molecular flexibility index (Phi) is 6.79. The smallest absolute Gasteiger partial charge is 0.319 e. The van der Waals surface area contributed by atoms with Crippen molar-refractivity contribution in [3.8, 4) is 0 Å². The van der Waals surface area contributed by atoms with E-state index in [0.29, 0.717) is 6.42 Å². The van der Waals surface area contributed by atoms with E-state index >= 15 is 0 Å². The lowest BCUT2D eigenvalue weighted by Gasteiger charge is -2.13. The van der Waals surface area contributed by atoms with Gasteiger partial charge >= 0.3 is 5.97 Å². The van der Waals surface area contributed by atoms with Crippen LogP contribution in [0.4, 0.5) is 0 Å². The van der Waals surface area contributed by atoms with Crippen LogP contribution in [-0.2, 0) is 9.53 Å². The highest BCUT2D eigenvalue weighted by molar-refractivity contribution is 8.00. The Morgan fingerprint density at radius 3 is 2.25 bits per heavy atom. The van der Waals surface area contributed by atoms with Gasteiger partial charge in [0.25, 0.3) is 0 Å². The predicted molar refractivity (Wildman–Crippen MR) is 82.2 cm³/mol. The van der Waals surface area contributed by atoms with Gasteiger partial charge in [-0.2, -0.15) is 0 Å². The molecule has 0 aliphatic heterocycles. The zero-order valence-corrected chi connectivity index (χ0v) is 13.3. The summed E-state index contributed by atoms with van der Waals surface area (Å²) in [6, 6.07) is 7.40. The van der Waals surface area contributed by atoms with Crippen LogP contribution in [-0.4, -0.2) is 23.1 Å². The van der Waals surface area contributed by atoms with Crippen molar-refractivity contribution in [1.82, 2.24) is 0 Å². The highest BCUT2D eigenvalue weighted by atomic mass is 32.2. The van der Waals surface area contributed by atoms with Gasteiger partial charge in [0.1, 0.15) is 5.25 Å². The van der Waals surface area contributed by atoms with Gasteiger partial charge in [-0.3, -0.25) is 9.59 Å². The number of thioether (sulfide) groups is 1. The van der Waals surface area contributed by atoms with Crippen molar-refractivity contribution in [3.63, 3.8) is 0 Å². The Labute approximate surface area is 125 Å². The molecule has 20 heavy (non-hydrogen) atoms. The van der Waals surface area contributed by atoms with E-state index in [2.05, 4.69) is 0 Å². The maximum absolute atomic E-state index is 11.7. The summed E-state index contributed by atoms with van der Waals surface area (Å²) in [6.45, 7) is 7.49. The van der Waals surface area contributed by atoms with Crippen LogP contribution in [0.15, 0.2) is 29.2 Å². The topological polar surface area (TPSA) is 43.4 Å². The first kappa shape index (κ1) is 16.8. The minimum absolute atomic E-state index is 0.0976. The normalized spacial score (nSPS) is 12.2. The lowest BCUT2D eigenvalue weighted by molar-refractivity contribution is -0.146. The third-order valence-electron chi connectivity index (χ3n) is 2.65. The van der Waals surface area contributed by atoms with Crippen molar-refractivity contribution >= 4 is 23.5 Å². The number of benzene rings is 1. The third-order valence-corrected chi connectivity index (χ3v) is 3.74. The van der Waals surface area contributed by atoms with Crippen LogP contribution in [0.5, 0.6) is 0 Å². The molecule has 0 saturated heterocycles. The van der Waals surface area contributed by atoms with Gasteiger partial charge in [0.2, 0.25) is 0 Å². The molecule has 0 aliphatic rings. The summed E-state index contributed by atoms with van der Waals surface area (Å²) in [5.74, 6) is -0.0487. The molecule has 0 bridgehead atoms. The number of hydrogen-bond donors (Lipinski definition) is 0. The molecule has 0 amide bonds. The fourth-order valence-corrected chi connectivity index (χ4v) is 2.52. The number of carbonyl (C=O) groups excluding carboxylic acids is 2. The Morgan fingerprint density at radius 2 is 1.75 bits per heavy atom. The number of ether oxygens (including phenoxy) is 1. The predicted octanol–water partition coefficient (Wildman–Crippen LogP) is 4.10. The lowest BCUT2D eigenvalue weighted by atomic mass is 10.1. The van der Waals surface area contributed by atoms with Gasteiger partial charge < -0.3 is 4.74 Å². The molecule has 0 aliphatic carbocycles. The Balaban J connectivity index is 2.61. The quantitative estimate of drug-likeness (QED) is 0.431. The fraction of sp³-hybridized carbons (Fsp3) is 0.500. The zero-order valence-electron chi connectivity index (χ0n) is 12.5. The average molecular weight is 294 g/mol. The standard InChI is InChI=1S/C16H22O3S/c1-5-6-15(17)13-7-9-14(10-8-13)20-12(4)16(18)19-11(2)3/h7-12H,5-6H2,1-4H3. The van der Waals surface area contributed by atoms with Crippen LogP contribution < -0.4 is 0 Å². The van der Waals surface area contributed by atoms with Gasteiger partial charge in [-0.25, -0.2) is 0 Å². The zero-order chi connectivity index (χ0) is 15.1. The Hall–Kier alpha value is -1.29. The number of hydrogen-bond acceptors (Lipinski definition) is 4. The minimum atomic E-state index is -0.255. The molecule has 0 fully saturated rings. The van der Waals surface area contributed by atoms with Crippen molar-refractivity contribution < 1.29 is 14.3 Å². The molecule has 0 radical (unpaired) electrons. The number of rotatable bonds is 7. The van der Waals surface area contributed by atoms with Gasteiger partial charge in [-0.1, -0.05) is 19.1 Å². The van der Waals surface area contributed by atoms with Crippen LogP contribution in [0.3, 0.4) is 0 Å². The van der Waals surface area contributed by atoms with Crippen molar-refractivity contribution in [3.05, 3.63) is 29.8 Å². The molecule has 1 rings (SSSR count). The van der Waals surface area contributed by atoms with Crippen LogP contribution >= 0.6 is 11.8 Å². The first-order chi connectivity index (χ1) is 9.43. The Bertz CT molecular complexity index is 451. The number of carbonyl (C=O) groups is 2. The summed E-state index contributed by atoms with van der Waals surface area (Å²) in [4.78, 5) is 24.4. The van der Waals surface area contributed by atoms with Gasteiger partial charge in [0.05, 0.1) is 6.10 Å². The molecule has 0 N–H and O–H groups in total. The minimum Gasteiger partial charge on any atom is -0.462 e. The van der Waals surface area contributed by atoms with Crippen molar-refractivity contribution in [2.24, 2.45) is 0 Å². The largest absolute Gasteiger partial charge is 0.462 e. The first-order valence-electron chi connectivity index (χ1n) is 6.94. The molecule has 0 spiro atoms. The third kappa shape index (κ3) is 5.37. The van der Waals surface area contributed by atoms with E-state index in [1.165, 1.54) is 11.8 Å². The lowest BCUT2D eigenvalue weighted by Crippen LogP contribution is -2.20. The number of esters is 1. The summed E-state index contributed by atoms with van der Waals surface area (Å²) in [6.07, 6.45) is 1.33. The van der Waals surface area contributed by atoms with Gasteiger partial charge in [-0.15, -0.1) is 11.8 Å². The van der Waals surface area contributed by atoms with E-state index in [1.807, 2.05) is 52.0 Å². The van der Waals surface area contributed by atoms with E-state index in [4.69, 9.17) is 4.74 Å². The second kappa shape index (κ2) is 8.10. The van der Waals surface area contributed by atoms with Crippen molar-refractivity contribution in [2.45, 2.75) is 56.8 Å². The molecular weight excluding hydrogens is 272 g/mol. The maximum atomic E-state index is 11.7. The SMILES string of the molecule is CCCC(=O)c1ccc(SC(C)C(=O)OC(C)C)cc1. The number of Topliss-reactive ketones (excluding diaryl/α,β-unsaturated/α-hetero) is 1. The van der Waals surface area contributed by atoms with Crippen LogP contribution in [0.2, 0.25) is 0 Å². The average Bonchev–Trinajstić information content (AvgIpc) is 2.39. The molecule has 1 aromatic rings. The van der Waals surface area contributed by atoms with Crippen LogP contribution in [0.25, 0.3) is 0 Å². The highest BCUT2D eigenvalue weighted by Gasteiger charge is 2.17. The van der Waals surface area contributed by atoms with E-state index in [0.717, 1.165) is 16.9 Å². The summed E-state index contributed by atoms with van der Waals surface area (Å²) in [5, 5.41) is -0.255. The monoisotopic (exact) mass is 294 g/mol. The number of ketones is 1. The van der Waals surface area contributed by atoms with Crippen molar-refractivity contribution in [1.29, 1.82) is 0 Å². The first-order valence-corrected chi connectivity index (χ1v) is 7.82. The molecule has 110 valence electrons. The van der Waals surface area contributed by atoms with Crippen molar-refractivity contribution in [2.75, 3.05) is 0 Å². The molecule has 0 heterocycles. The van der Waals surface area contributed by atoms with Crippen LogP contribution in [0, 0.1) is 0 Å². The molecule has 0 aromatic heterocycles. The van der Waals surface area contributed by atoms with Crippen LogP contribution in [0.1, 0.15) is 50.9 Å². The summed E-state index contributed by atoms with van der Waals surface area (Å²) in [5.41, 5.74) is 0.730. The summed E-state index contributed by atoms with van der Waals surface area (Å²) in [7, 11) is 0. The van der Waals surface area contributed by atoms with Gasteiger partial charge in [0, 0.05) is 16.9 Å². The molecule has 4 heteroatoms. The maximum Gasteiger partial charge on any atom is 0.319 e. The second-order valence-corrected chi connectivity index (χ2v) is 6.36. The van der Waals surface area contributed by atoms with E-state index < -0.39 is 0 Å². The molecular formula is C16H22O3S. The molecule has 1 atom stereocenters. The fourth-order valence-electron chi connectivity index (χ4n) is 1.67. The summed E-state index contributed by atoms with van der Waals surface area (Å²) >= 11 is 1.44. The molecule has 0 saturated carbocycles. The van der Waals surface area contributed by atoms with E-state index in [1.54, 1.807) is 0 Å². The van der Waals surface area contributed by atoms with Gasteiger partial charge in [0.15, 0.2) is 5.78 Å². The van der Waals surface area contributed by atoms with Gasteiger partial charge in [-0.05, 0) is 39.3 Å². The highest BCUT2D eigenvalue weighted by Crippen LogP contribution is 2.25. The van der Waals surface area contributed by atoms with E-state index in [-0.39, 0.29) is 23.1 Å². The summed E-state index contributed by atoms with van der Waals surface area (Å²) < 4.78 is 5.16. The van der Waals surface area contributed by atoms with E-state index in [9.17, 15) is 9.59 Å².